The van der Waals surface area contributed by atoms with E-state index in [1.54, 1.807) is 36.8 Å². The number of carbonyl (C=O) groups excluding carboxylic acids is 2. The maximum atomic E-state index is 12.4. The smallest absolute Gasteiger partial charge is 0.275 e. The average molecular weight is 381 g/mol. The quantitative estimate of drug-likeness (QED) is 0.691. The number of aryl methyl sites for hydroxylation is 2. The topological polar surface area (TPSA) is 80.3 Å². The maximum Gasteiger partial charge on any atom is 0.275 e. The summed E-state index contributed by atoms with van der Waals surface area (Å²) in [6.45, 7) is 3.89. The fraction of sp³-hybridized carbons (Fsp3) is 0.150. The van der Waals surface area contributed by atoms with Crippen LogP contribution in [0.1, 0.15) is 32.0 Å². The monoisotopic (exact) mass is 381 g/mol. The van der Waals surface area contributed by atoms with Gasteiger partial charge in [-0.2, -0.15) is 0 Å². The van der Waals surface area contributed by atoms with Crippen molar-refractivity contribution in [2.24, 2.45) is 0 Å². The molecule has 0 bridgehead atoms. The number of ether oxygens (including phenoxy) is 1. The highest BCUT2D eigenvalue weighted by atomic mass is 32.1. The molecule has 3 rings (SSSR count). The predicted molar refractivity (Wildman–Crippen MR) is 107 cm³/mol. The predicted octanol–water partition coefficient (Wildman–Crippen LogP) is 4.27. The average Bonchev–Trinajstić information content (AvgIpc) is 3.13. The van der Waals surface area contributed by atoms with E-state index in [4.69, 9.17) is 4.74 Å². The lowest BCUT2D eigenvalue weighted by molar-refractivity contribution is 0.101. The number of methoxy groups -OCH3 is 1. The molecule has 2 aromatic carbocycles. The van der Waals surface area contributed by atoms with Crippen LogP contribution in [0.15, 0.2) is 47.8 Å². The molecular formula is C20H19N3O3S. The number of hydrogen-bond acceptors (Lipinski definition) is 5. The molecule has 0 aliphatic rings. The lowest BCUT2D eigenvalue weighted by atomic mass is 10.1. The SMILES string of the molecule is COc1ccc(C(=O)Nc2nc(C(=O)Nc3cc(C)ccc3C)cs2)cc1. The van der Waals surface area contributed by atoms with Crippen molar-refractivity contribution in [2.75, 3.05) is 17.7 Å². The fourth-order valence-corrected chi connectivity index (χ4v) is 3.09. The summed E-state index contributed by atoms with van der Waals surface area (Å²) in [4.78, 5) is 28.9. The van der Waals surface area contributed by atoms with Crippen molar-refractivity contribution in [1.29, 1.82) is 0 Å². The van der Waals surface area contributed by atoms with Crippen molar-refractivity contribution in [3.05, 3.63) is 70.2 Å². The van der Waals surface area contributed by atoms with E-state index in [-0.39, 0.29) is 17.5 Å². The van der Waals surface area contributed by atoms with Gasteiger partial charge in [-0.15, -0.1) is 11.3 Å². The third kappa shape index (κ3) is 4.51. The summed E-state index contributed by atoms with van der Waals surface area (Å²) in [5.41, 5.74) is 3.51. The van der Waals surface area contributed by atoms with Gasteiger partial charge in [0, 0.05) is 16.6 Å². The number of benzene rings is 2. The number of hydrogen-bond donors (Lipinski definition) is 2. The molecule has 6 nitrogen and oxygen atoms in total. The number of carbonyl (C=O) groups is 2. The lowest BCUT2D eigenvalue weighted by Crippen LogP contribution is -2.15. The number of nitrogens with one attached hydrogen (secondary N) is 2. The van der Waals surface area contributed by atoms with Crippen LogP contribution in [0.3, 0.4) is 0 Å². The first-order valence-corrected chi connectivity index (χ1v) is 9.14. The van der Waals surface area contributed by atoms with Crippen molar-refractivity contribution in [1.82, 2.24) is 4.98 Å². The van der Waals surface area contributed by atoms with E-state index >= 15 is 0 Å². The molecule has 0 saturated carbocycles. The van der Waals surface area contributed by atoms with E-state index in [0.29, 0.717) is 16.4 Å². The van der Waals surface area contributed by atoms with Crippen molar-refractivity contribution in [3.8, 4) is 5.75 Å². The molecule has 0 spiro atoms. The molecule has 2 amide bonds. The van der Waals surface area contributed by atoms with Crippen LogP contribution in [0.4, 0.5) is 10.8 Å². The van der Waals surface area contributed by atoms with Crippen LogP contribution in [0.5, 0.6) is 5.75 Å². The Morgan fingerprint density at radius 2 is 1.74 bits per heavy atom. The lowest BCUT2D eigenvalue weighted by Gasteiger charge is -2.08. The molecule has 0 unspecified atom stereocenters. The van der Waals surface area contributed by atoms with Crippen LogP contribution in [0.25, 0.3) is 0 Å². The molecule has 7 heteroatoms. The highest BCUT2D eigenvalue weighted by Crippen LogP contribution is 2.21. The maximum absolute atomic E-state index is 12.4. The first-order chi connectivity index (χ1) is 13.0. The summed E-state index contributed by atoms with van der Waals surface area (Å²) in [5, 5.41) is 7.54. The van der Waals surface area contributed by atoms with E-state index in [9.17, 15) is 9.59 Å². The van der Waals surface area contributed by atoms with Crippen LogP contribution < -0.4 is 15.4 Å². The Balaban J connectivity index is 1.67. The molecule has 0 aliphatic heterocycles. The summed E-state index contributed by atoms with van der Waals surface area (Å²) < 4.78 is 5.07. The first kappa shape index (κ1) is 18.6. The minimum absolute atomic E-state index is 0.255. The molecule has 0 radical (unpaired) electrons. The van der Waals surface area contributed by atoms with E-state index in [0.717, 1.165) is 16.8 Å². The molecule has 1 heterocycles. The molecular weight excluding hydrogens is 362 g/mol. The van der Waals surface area contributed by atoms with Gasteiger partial charge < -0.3 is 10.1 Å². The third-order valence-corrected chi connectivity index (χ3v) is 4.71. The highest BCUT2D eigenvalue weighted by molar-refractivity contribution is 7.14. The molecule has 138 valence electrons. The van der Waals surface area contributed by atoms with Gasteiger partial charge in [0.2, 0.25) is 0 Å². The second kappa shape index (κ2) is 8.01. The van der Waals surface area contributed by atoms with Gasteiger partial charge in [-0.3, -0.25) is 14.9 Å². The number of anilines is 2. The van der Waals surface area contributed by atoms with Gasteiger partial charge in [0.05, 0.1) is 7.11 Å². The van der Waals surface area contributed by atoms with Crippen LogP contribution in [-0.2, 0) is 0 Å². The van der Waals surface area contributed by atoms with Crippen LogP contribution >= 0.6 is 11.3 Å². The number of aromatic nitrogens is 1. The third-order valence-electron chi connectivity index (χ3n) is 3.95. The highest BCUT2D eigenvalue weighted by Gasteiger charge is 2.14. The normalized spacial score (nSPS) is 10.3. The van der Waals surface area contributed by atoms with Crippen LogP contribution in [0, 0.1) is 13.8 Å². The van der Waals surface area contributed by atoms with E-state index in [1.807, 2.05) is 32.0 Å². The molecule has 1 aromatic heterocycles. The van der Waals surface area contributed by atoms with Crippen LogP contribution in [-0.4, -0.2) is 23.9 Å². The Labute approximate surface area is 161 Å². The Kier molecular flexibility index (Phi) is 5.52. The molecule has 0 saturated heterocycles. The second-order valence-corrected chi connectivity index (χ2v) is 6.85. The Morgan fingerprint density at radius 3 is 2.44 bits per heavy atom. The molecule has 0 fully saturated rings. The molecule has 3 aromatic rings. The zero-order chi connectivity index (χ0) is 19.4. The largest absolute Gasteiger partial charge is 0.497 e. The van der Waals surface area contributed by atoms with Gasteiger partial charge in [-0.1, -0.05) is 12.1 Å². The Morgan fingerprint density at radius 1 is 1.00 bits per heavy atom. The second-order valence-electron chi connectivity index (χ2n) is 5.99. The molecule has 2 N–H and O–H groups in total. The number of amides is 2. The Bertz CT molecular complexity index is 980. The van der Waals surface area contributed by atoms with Gasteiger partial charge >= 0.3 is 0 Å². The minimum atomic E-state index is -0.315. The minimum Gasteiger partial charge on any atom is -0.497 e. The van der Waals surface area contributed by atoms with Gasteiger partial charge in [0.25, 0.3) is 11.8 Å². The Hall–Kier alpha value is -3.19. The summed E-state index contributed by atoms with van der Waals surface area (Å²) >= 11 is 1.20. The number of thiazole rings is 1. The summed E-state index contributed by atoms with van der Waals surface area (Å²) in [7, 11) is 1.56. The number of rotatable bonds is 5. The zero-order valence-corrected chi connectivity index (χ0v) is 16.0. The summed E-state index contributed by atoms with van der Waals surface area (Å²) in [5.74, 6) is 0.0598. The zero-order valence-electron chi connectivity index (χ0n) is 15.2. The van der Waals surface area contributed by atoms with Gasteiger partial charge in [-0.05, 0) is 55.3 Å². The summed E-state index contributed by atoms with van der Waals surface area (Å²) in [6.07, 6.45) is 0. The summed E-state index contributed by atoms with van der Waals surface area (Å²) in [6, 6.07) is 12.6. The van der Waals surface area contributed by atoms with Crippen LogP contribution in [0.2, 0.25) is 0 Å². The van der Waals surface area contributed by atoms with Crippen molar-refractivity contribution in [3.63, 3.8) is 0 Å². The van der Waals surface area contributed by atoms with Crippen molar-refractivity contribution in [2.45, 2.75) is 13.8 Å². The standard InChI is InChI=1S/C20H19N3O3S/c1-12-4-5-13(2)16(10-12)21-19(25)17-11-27-20(22-17)23-18(24)14-6-8-15(26-3)9-7-14/h4-11H,1-3H3,(H,21,25)(H,22,23,24). The van der Waals surface area contributed by atoms with Crippen molar-refractivity contribution < 1.29 is 14.3 Å². The van der Waals surface area contributed by atoms with Crippen molar-refractivity contribution >= 4 is 34.0 Å². The van der Waals surface area contributed by atoms with Gasteiger partial charge in [0.15, 0.2) is 5.13 Å². The van der Waals surface area contributed by atoms with E-state index < -0.39 is 0 Å². The van der Waals surface area contributed by atoms with Gasteiger partial charge in [-0.25, -0.2) is 4.98 Å². The van der Waals surface area contributed by atoms with E-state index in [2.05, 4.69) is 15.6 Å². The molecule has 0 aliphatic carbocycles. The fourth-order valence-electron chi connectivity index (χ4n) is 2.40. The first-order valence-electron chi connectivity index (χ1n) is 8.26. The molecule has 0 atom stereocenters. The number of nitrogens with zero attached hydrogens (tertiary/aromatic N) is 1. The molecule has 27 heavy (non-hydrogen) atoms. The van der Waals surface area contributed by atoms with Gasteiger partial charge in [0.1, 0.15) is 11.4 Å². The van der Waals surface area contributed by atoms with E-state index in [1.165, 1.54) is 11.3 Å².